The minimum absolute atomic E-state index is 0.0174. The number of aliphatic hydroxyl groups is 1. The molecule has 1 N–H and O–H groups in total. The Morgan fingerprint density at radius 3 is 2.59 bits per heavy atom. The van der Waals surface area contributed by atoms with E-state index in [1.54, 1.807) is 17.0 Å². The molecule has 1 saturated carbocycles. The summed E-state index contributed by atoms with van der Waals surface area (Å²) in [6.45, 7) is 2.16. The Morgan fingerprint density at radius 1 is 1.36 bits per heavy atom. The average Bonchev–Trinajstić information content (AvgIpc) is 3.26. The molecule has 1 fully saturated rings. The predicted octanol–water partition coefficient (Wildman–Crippen LogP) is 3.53. The highest BCUT2D eigenvalue weighted by molar-refractivity contribution is 7.12. The molecule has 0 radical (unpaired) electrons. The summed E-state index contributed by atoms with van der Waals surface area (Å²) in [5.74, 6) is -0.351. The number of benzene rings is 1. The number of nitrogens with zero attached hydrogens (tertiary/aromatic N) is 1. The molecule has 3 nitrogen and oxygen atoms in total. The molecule has 0 bridgehead atoms. The second-order valence-electron chi connectivity index (χ2n) is 5.69. The maximum atomic E-state index is 13.0. The number of halogens is 1. The zero-order valence-electron chi connectivity index (χ0n) is 12.3. The maximum Gasteiger partial charge on any atom is 0.264 e. The zero-order valence-corrected chi connectivity index (χ0v) is 13.1. The van der Waals surface area contributed by atoms with Gasteiger partial charge in [-0.05, 0) is 54.5 Å². The number of aryl methyl sites for hydroxylation is 1. The van der Waals surface area contributed by atoms with E-state index in [0.29, 0.717) is 5.56 Å². The van der Waals surface area contributed by atoms with Gasteiger partial charge in [-0.1, -0.05) is 12.1 Å². The summed E-state index contributed by atoms with van der Waals surface area (Å²) < 4.78 is 13.0. The lowest BCUT2D eigenvalue weighted by Gasteiger charge is -2.25. The van der Waals surface area contributed by atoms with Gasteiger partial charge >= 0.3 is 0 Å². The van der Waals surface area contributed by atoms with Gasteiger partial charge in [-0.25, -0.2) is 4.39 Å². The first-order valence-electron chi connectivity index (χ1n) is 7.35. The Bertz CT molecular complexity index is 664. The molecule has 0 aliphatic heterocycles. The topological polar surface area (TPSA) is 40.5 Å². The van der Waals surface area contributed by atoms with E-state index in [-0.39, 0.29) is 24.3 Å². The summed E-state index contributed by atoms with van der Waals surface area (Å²) in [7, 11) is 0. The molecule has 5 heteroatoms. The lowest BCUT2D eigenvalue weighted by atomic mass is 10.1. The quantitative estimate of drug-likeness (QED) is 0.916. The molecular weight excluding hydrogens is 301 g/mol. The Hall–Kier alpha value is -1.72. The number of carbonyl (C=O) groups excluding carboxylic acids is 1. The Morgan fingerprint density at radius 2 is 2.05 bits per heavy atom. The van der Waals surface area contributed by atoms with Crippen molar-refractivity contribution in [2.75, 3.05) is 6.54 Å². The minimum Gasteiger partial charge on any atom is -0.387 e. The highest BCUT2D eigenvalue weighted by Crippen LogP contribution is 2.32. The van der Waals surface area contributed by atoms with Gasteiger partial charge in [0.15, 0.2) is 0 Å². The maximum absolute atomic E-state index is 13.0. The molecule has 1 atom stereocenters. The minimum atomic E-state index is -0.801. The molecule has 1 unspecified atom stereocenters. The van der Waals surface area contributed by atoms with Crippen molar-refractivity contribution < 1.29 is 14.3 Å². The van der Waals surface area contributed by atoms with Crippen LogP contribution in [0.2, 0.25) is 0 Å². The van der Waals surface area contributed by atoms with E-state index in [1.807, 2.05) is 18.4 Å². The van der Waals surface area contributed by atoms with Crippen LogP contribution in [-0.4, -0.2) is 28.5 Å². The summed E-state index contributed by atoms with van der Waals surface area (Å²) in [5.41, 5.74) is 1.60. The number of thiophene rings is 1. The number of hydrogen-bond donors (Lipinski definition) is 1. The van der Waals surface area contributed by atoms with E-state index >= 15 is 0 Å². The van der Waals surface area contributed by atoms with Crippen LogP contribution in [0.1, 0.15) is 39.7 Å². The van der Waals surface area contributed by atoms with Crippen molar-refractivity contribution in [2.24, 2.45) is 0 Å². The summed E-state index contributed by atoms with van der Waals surface area (Å²) in [6, 6.07) is 7.91. The fourth-order valence-electron chi connectivity index (χ4n) is 2.48. The monoisotopic (exact) mass is 319 g/mol. The van der Waals surface area contributed by atoms with Crippen LogP contribution >= 0.6 is 11.3 Å². The van der Waals surface area contributed by atoms with Crippen LogP contribution < -0.4 is 0 Å². The third-order valence-electron chi connectivity index (χ3n) is 3.93. The second kappa shape index (κ2) is 6.18. The van der Waals surface area contributed by atoms with Gasteiger partial charge in [0, 0.05) is 6.04 Å². The van der Waals surface area contributed by atoms with Gasteiger partial charge in [0.05, 0.1) is 17.5 Å². The van der Waals surface area contributed by atoms with Crippen molar-refractivity contribution in [1.82, 2.24) is 4.90 Å². The molecule has 116 valence electrons. The molecular formula is C17H18FNO2S. The molecule has 1 aliphatic rings. The number of hydrogen-bond acceptors (Lipinski definition) is 3. The smallest absolute Gasteiger partial charge is 0.264 e. The molecule has 1 aromatic heterocycles. The van der Waals surface area contributed by atoms with Gasteiger partial charge in [-0.3, -0.25) is 4.79 Å². The zero-order chi connectivity index (χ0) is 15.7. The van der Waals surface area contributed by atoms with Crippen molar-refractivity contribution >= 4 is 17.2 Å². The molecule has 1 heterocycles. The number of carbonyl (C=O) groups is 1. The van der Waals surface area contributed by atoms with Crippen molar-refractivity contribution in [2.45, 2.75) is 31.9 Å². The SMILES string of the molecule is Cc1ccsc1C(=O)N(CC(O)c1ccc(F)cc1)C1CC1. The average molecular weight is 319 g/mol. The first-order valence-corrected chi connectivity index (χ1v) is 8.23. The van der Waals surface area contributed by atoms with E-state index in [9.17, 15) is 14.3 Å². The Balaban J connectivity index is 1.76. The van der Waals surface area contributed by atoms with E-state index in [2.05, 4.69) is 0 Å². The third kappa shape index (κ3) is 3.20. The highest BCUT2D eigenvalue weighted by Gasteiger charge is 2.35. The van der Waals surface area contributed by atoms with Crippen LogP contribution in [0.15, 0.2) is 35.7 Å². The van der Waals surface area contributed by atoms with Crippen molar-refractivity contribution in [3.8, 4) is 0 Å². The second-order valence-corrected chi connectivity index (χ2v) is 6.60. The lowest BCUT2D eigenvalue weighted by Crippen LogP contribution is -2.36. The number of aliphatic hydroxyl groups excluding tert-OH is 1. The van der Waals surface area contributed by atoms with Gasteiger partial charge in [0.25, 0.3) is 5.91 Å². The van der Waals surface area contributed by atoms with Crippen LogP contribution in [0.25, 0.3) is 0 Å². The van der Waals surface area contributed by atoms with Crippen molar-refractivity contribution in [1.29, 1.82) is 0 Å². The van der Waals surface area contributed by atoms with Gasteiger partial charge in [0.2, 0.25) is 0 Å². The summed E-state index contributed by atoms with van der Waals surface area (Å²) in [4.78, 5) is 15.2. The molecule has 1 amide bonds. The lowest BCUT2D eigenvalue weighted by molar-refractivity contribution is 0.0607. The predicted molar refractivity (Wildman–Crippen MR) is 84.5 cm³/mol. The molecule has 1 aromatic carbocycles. The van der Waals surface area contributed by atoms with E-state index in [1.165, 1.54) is 23.5 Å². The van der Waals surface area contributed by atoms with Gasteiger partial charge in [-0.15, -0.1) is 11.3 Å². The van der Waals surface area contributed by atoms with E-state index in [0.717, 1.165) is 23.3 Å². The summed E-state index contributed by atoms with van der Waals surface area (Å²) in [5, 5.41) is 12.3. The standard InChI is InChI=1S/C17H18FNO2S/c1-11-8-9-22-16(11)17(21)19(14-6-7-14)10-15(20)12-2-4-13(18)5-3-12/h2-5,8-9,14-15,20H,6-7,10H2,1H3. The van der Waals surface area contributed by atoms with Crippen LogP contribution in [-0.2, 0) is 0 Å². The summed E-state index contributed by atoms with van der Waals surface area (Å²) in [6.07, 6.45) is 1.16. The molecule has 3 rings (SSSR count). The van der Waals surface area contributed by atoms with Crippen LogP contribution in [0.4, 0.5) is 4.39 Å². The molecule has 0 saturated heterocycles. The molecule has 22 heavy (non-hydrogen) atoms. The first kappa shape index (κ1) is 15.2. The normalized spacial score (nSPS) is 15.6. The fraction of sp³-hybridized carbons (Fsp3) is 0.353. The largest absolute Gasteiger partial charge is 0.387 e. The van der Waals surface area contributed by atoms with Crippen LogP contribution in [0.5, 0.6) is 0 Å². The van der Waals surface area contributed by atoms with Crippen LogP contribution in [0, 0.1) is 12.7 Å². The van der Waals surface area contributed by atoms with E-state index < -0.39 is 6.10 Å². The highest BCUT2D eigenvalue weighted by atomic mass is 32.1. The van der Waals surface area contributed by atoms with E-state index in [4.69, 9.17) is 0 Å². The molecule has 0 spiro atoms. The van der Waals surface area contributed by atoms with Crippen LogP contribution in [0.3, 0.4) is 0 Å². The first-order chi connectivity index (χ1) is 10.6. The van der Waals surface area contributed by atoms with Gasteiger partial charge in [-0.2, -0.15) is 0 Å². The van der Waals surface area contributed by atoms with Gasteiger partial charge < -0.3 is 10.0 Å². The third-order valence-corrected chi connectivity index (χ3v) is 4.93. The fourth-order valence-corrected chi connectivity index (χ4v) is 3.36. The van der Waals surface area contributed by atoms with Crippen molar-refractivity contribution in [3.63, 3.8) is 0 Å². The van der Waals surface area contributed by atoms with Gasteiger partial charge in [0.1, 0.15) is 5.82 Å². The number of rotatable bonds is 5. The Kier molecular flexibility index (Phi) is 4.27. The summed E-state index contributed by atoms with van der Waals surface area (Å²) >= 11 is 1.43. The molecule has 2 aromatic rings. The number of amides is 1. The van der Waals surface area contributed by atoms with Crippen molar-refractivity contribution in [3.05, 3.63) is 57.5 Å². The molecule has 1 aliphatic carbocycles. The Labute approximate surface area is 133 Å².